The van der Waals surface area contributed by atoms with E-state index in [0.29, 0.717) is 12.5 Å². The van der Waals surface area contributed by atoms with Crippen molar-refractivity contribution >= 4 is 11.9 Å². The fraction of sp³-hybridized carbons (Fsp3) is 0.818. The number of amides is 1. The van der Waals surface area contributed by atoms with Gasteiger partial charge in [-0.3, -0.25) is 4.79 Å². The SMILES string of the molecule is CC[C@H](NC(=O)CNC1CCCC1)C(=O)O. The molecule has 16 heavy (non-hydrogen) atoms. The molecule has 1 aliphatic carbocycles. The number of rotatable bonds is 6. The summed E-state index contributed by atoms with van der Waals surface area (Å²) >= 11 is 0. The van der Waals surface area contributed by atoms with Crippen molar-refractivity contribution in [2.75, 3.05) is 6.54 Å². The summed E-state index contributed by atoms with van der Waals surface area (Å²) in [5, 5.41) is 14.4. The Morgan fingerprint density at radius 1 is 1.38 bits per heavy atom. The zero-order valence-electron chi connectivity index (χ0n) is 9.66. The summed E-state index contributed by atoms with van der Waals surface area (Å²) in [5.41, 5.74) is 0. The molecule has 0 spiro atoms. The average molecular weight is 228 g/mol. The zero-order valence-corrected chi connectivity index (χ0v) is 9.66. The molecule has 0 heterocycles. The highest BCUT2D eigenvalue weighted by molar-refractivity contribution is 5.84. The Morgan fingerprint density at radius 3 is 2.50 bits per heavy atom. The first kappa shape index (κ1) is 13.0. The molecule has 0 aliphatic heterocycles. The van der Waals surface area contributed by atoms with Gasteiger partial charge in [-0.2, -0.15) is 0 Å². The Morgan fingerprint density at radius 2 is 2.00 bits per heavy atom. The second-order valence-electron chi connectivity index (χ2n) is 4.23. The molecule has 0 radical (unpaired) electrons. The van der Waals surface area contributed by atoms with Gasteiger partial charge in [-0.25, -0.2) is 4.79 Å². The highest BCUT2D eigenvalue weighted by atomic mass is 16.4. The maximum Gasteiger partial charge on any atom is 0.326 e. The monoisotopic (exact) mass is 228 g/mol. The van der Waals surface area contributed by atoms with Crippen LogP contribution >= 0.6 is 0 Å². The topological polar surface area (TPSA) is 78.4 Å². The minimum Gasteiger partial charge on any atom is -0.480 e. The van der Waals surface area contributed by atoms with Crippen LogP contribution in [0.15, 0.2) is 0 Å². The Labute approximate surface area is 95.6 Å². The summed E-state index contributed by atoms with van der Waals surface area (Å²) in [6.07, 6.45) is 5.06. The lowest BCUT2D eigenvalue weighted by Gasteiger charge is -2.15. The van der Waals surface area contributed by atoms with Gasteiger partial charge in [0.25, 0.3) is 0 Å². The molecule has 1 amide bonds. The van der Waals surface area contributed by atoms with Gasteiger partial charge in [0.15, 0.2) is 0 Å². The maximum absolute atomic E-state index is 11.4. The minimum absolute atomic E-state index is 0.217. The van der Waals surface area contributed by atoms with Crippen LogP contribution in [-0.2, 0) is 9.59 Å². The van der Waals surface area contributed by atoms with Crippen molar-refractivity contribution in [3.63, 3.8) is 0 Å². The van der Waals surface area contributed by atoms with Gasteiger partial charge in [-0.05, 0) is 19.3 Å². The standard InChI is InChI=1S/C11H20N2O3/c1-2-9(11(15)16)13-10(14)7-12-8-5-3-4-6-8/h8-9,12H,2-7H2,1H3,(H,13,14)(H,15,16)/t9-/m0/s1. The zero-order chi connectivity index (χ0) is 12.0. The molecule has 5 heteroatoms. The molecular weight excluding hydrogens is 208 g/mol. The molecule has 0 bridgehead atoms. The predicted molar refractivity (Wildman–Crippen MR) is 60.1 cm³/mol. The van der Waals surface area contributed by atoms with Crippen LogP contribution in [-0.4, -0.2) is 35.6 Å². The second-order valence-corrected chi connectivity index (χ2v) is 4.23. The van der Waals surface area contributed by atoms with Crippen molar-refractivity contribution < 1.29 is 14.7 Å². The fourth-order valence-electron chi connectivity index (χ4n) is 1.95. The van der Waals surface area contributed by atoms with Crippen LogP contribution in [0.25, 0.3) is 0 Å². The van der Waals surface area contributed by atoms with E-state index in [1.807, 2.05) is 0 Å². The molecule has 1 rings (SSSR count). The van der Waals surface area contributed by atoms with E-state index in [4.69, 9.17) is 5.11 Å². The van der Waals surface area contributed by atoms with Gasteiger partial charge in [0.2, 0.25) is 5.91 Å². The number of carboxylic acids is 1. The molecular formula is C11H20N2O3. The van der Waals surface area contributed by atoms with Crippen molar-refractivity contribution in [2.24, 2.45) is 0 Å². The van der Waals surface area contributed by atoms with E-state index in [9.17, 15) is 9.59 Å². The first-order valence-electron chi connectivity index (χ1n) is 5.89. The normalized spacial score (nSPS) is 18.3. The van der Waals surface area contributed by atoms with E-state index in [-0.39, 0.29) is 12.5 Å². The number of carbonyl (C=O) groups is 2. The Balaban J connectivity index is 2.21. The predicted octanol–water partition coefficient (Wildman–Crippen LogP) is 0.498. The summed E-state index contributed by atoms with van der Waals surface area (Å²) < 4.78 is 0. The van der Waals surface area contributed by atoms with Crippen molar-refractivity contribution in [3.05, 3.63) is 0 Å². The van der Waals surface area contributed by atoms with Gasteiger partial charge < -0.3 is 15.7 Å². The minimum atomic E-state index is -0.975. The van der Waals surface area contributed by atoms with Crippen LogP contribution in [0.3, 0.4) is 0 Å². The van der Waals surface area contributed by atoms with Gasteiger partial charge >= 0.3 is 5.97 Å². The smallest absolute Gasteiger partial charge is 0.326 e. The molecule has 1 fully saturated rings. The Hall–Kier alpha value is -1.10. The average Bonchev–Trinajstić information content (AvgIpc) is 2.75. The Kier molecular flexibility index (Phi) is 5.25. The lowest BCUT2D eigenvalue weighted by atomic mass is 10.2. The quantitative estimate of drug-likeness (QED) is 0.618. The van der Waals surface area contributed by atoms with Crippen molar-refractivity contribution in [1.82, 2.24) is 10.6 Å². The molecule has 0 aromatic heterocycles. The molecule has 5 nitrogen and oxygen atoms in total. The van der Waals surface area contributed by atoms with Crippen molar-refractivity contribution in [3.8, 4) is 0 Å². The lowest BCUT2D eigenvalue weighted by Crippen LogP contribution is -2.45. The summed E-state index contributed by atoms with van der Waals surface area (Å²) in [7, 11) is 0. The highest BCUT2D eigenvalue weighted by Crippen LogP contribution is 2.17. The third-order valence-corrected chi connectivity index (χ3v) is 2.95. The van der Waals surface area contributed by atoms with Crippen LogP contribution < -0.4 is 10.6 Å². The van der Waals surface area contributed by atoms with Crippen LogP contribution in [0.1, 0.15) is 39.0 Å². The number of hydrogen-bond donors (Lipinski definition) is 3. The molecule has 0 aromatic rings. The maximum atomic E-state index is 11.4. The Bertz CT molecular complexity index is 250. The van der Waals surface area contributed by atoms with Crippen LogP contribution in [0.4, 0.5) is 0 Å². The molecule has 1 aliphatic rings. The third-order valence-electron chi connectivity index (χ3n) is 2.95. The number of hydrogen-bond acceptors (Lipinski definition) is 3. The summed E-state index contributed by atoms with van der Waals surface area (Å²) in [5.74, 6) is -1.21. The first-order valence-corrected chi connectivity index (χ1v) is 5.89. The van der Waals surface area contributed by atoms with Gasteiger partial charge in [0.1, 0.15) is 6.04 Å². The molecule has 1 saturated carbocycles. The van der Waals surface area contributed by atoms with E-state index in [2.05, 4.69) is 10.6 Å². The summed E-state index contributed by atoms with van der Waals surface area (Å²) in [6.45, 7) is 1.96. The molecule has 1 atom stereocenters. The van der Waals surface area contributed by atoms with Gasteiger partial charge in [-0.15, -0.1) is 0 Å². The first-order chi connectivity index (χ1) is 7.63. The molecule has 0 aromatic carbocycles. The van der Waals surface area contributed by atoms with Gasteiger partial charge in [0, 0.05) is 6.04 Å². The number of carboxylic acid groups (broad SMARTS) is 1. The van der Waals surface area contributed by atoms with Crippen molar-refractivity contribution in [2.45, 2.75) is 51.1 Å². The number of aliphatic carboxylic acids is 1. The van der Waals surface area contributed by atoms with E-state index in [1.54, 1.807) is 6.92 Å². The third kappa shape index (κ3) is 4.18. The van der Waals surface area contributed by atoms with Gasteiger partial charge in [0.05, 0.1) is 6.54 Å². The van der Waals surface area contributed by atoms with Crippen LogP contribution in [0.5, 0.6) is 0 Å². The summed E-state index contributed by atoms with van der Waals surface area (Å²) in [6, 6.07) is -0.339. The van der Waals surface area contributed by atoms with Crippen molar-refractivity contribution in [1.29, 1.82) is 0 Å². The summed E-state index contributed by atoms with van der Waals surface area (Å²) in [4.78, 5) is 22.1. The van der Waals surface area contributed by atoms with Crippen LogP contribution in [0.2, 0.25) is 0 Å². The molecule has 0 unspecified atom stereocenters. The highest BCUT2D eigenvalue weighted by Gasteiger charge is 2.19. The molecule has 3 N–H and O–H groups in total. The van der Waals surface area contributed by atoms with E-state index in [1.165, 1.54) is 12.8 Å². The van der Waals surface area contributed by atoms with E-state index >= 15 is 0 Å². The number of nitrogens with one attached hydrogen (secondary N) is 2. The van der Waals surface area contributed by atoms with E-state index in [0.717, 1.165) is 12.8 Å². The molecule has 0 saturated heterocycles. The largest absolute Gasteiger partial charge is 0.480 e. The second kappa shape index (κ2) is 6.48. The lowest BCUT2D eigenvalue weighted by molar-refractivity contribution is -0.141. The fourth-order valence-corrected chi connectivity index (χ4v) is 1.95. The van der Waals surface area contributed by atoms with Crippen LogP contribution in [0, 0.1) is 0 Å². The number of carbonyl (C=O) groups excluding carboxylic acids is 1. The molecule has 92 valence electrons. The van der Waals surface area contributed by atoms with E-state index < -0.39 is 12.0 Å². The van der Waals surface area contributed by atoms with Gasteiger partial charge in [-0.1, -0.05) is 19.8 Å².